The first-order chi connectivity index (χ1) is 8.83. The Morgan fingerprint density at radius 2 is 2.28 bits per heavy atom. The smallest absolute Gasteiger partial charge is 0.0537 e. The van der Waals surface area contributed by atoms with Crippen LogP contribution >= 0.6 is 11.8 Å². The van der Waals surface area contributed by atoms with Crippen molar-refractivity contribution in [2.24, 2.45) is 0 Å². The van der Waals surface area contributed by atoms with Gasteiger partial charge in [0.15, 0.2) is 0 Å². The zero-order valence-electron chi connectivity index (χ0n) is 11.6. The van der Waals surface area contributed by atoms with Gasteiger partial charge in [0.05, 0.1) is 6.20 Å². The molecule has 0 radical (unpaired) electrons. The van der Waals surface area contributed by atoms with Crippen LogP contribution in [0.1, 0.15) is 50.6 Å². The summed E-state index contributed by atoms with van der Waals surface area (Å²) in [5.74, 6) is 1.17. The Bertz CT molecular complexity index is 345. The van der Waals surface area contributed by atoms with Gasteiger partial charge in [0.1, 0.15) is 0 Å². The first-order valence-corrected chi connectivity index (χ1v) is 8.19. The van der Waals surface area contributed by atoms with Gasteiger partial charge in [-0.25, -0.2) is 0 Å². The molecule has 1 fully saturated rings. The lowest BCUT2D eigenvalue weighted by molar-refractivity contribution is 0.599. The van der Waals surface area contributed by atoms with E-state index in [4.69, 9.17) is 0 Å². The van der Waals surface area contributed by atoms with Crippen LogP contribution in [0.2, 0.25) is 0 Å². The number of aromatic nitrogens is 2. The number of hydrogen-bond acceptors (Lipinski definition) is 3. The van der Waals surface area contributed by atoms with Crippen LogP contribution in [0.5, 0.6) is 0 Å². The van der Waals surface area contributed by atoms with Crippen molar-refractivity contribution in [2.45, 2.75) is 56.9 Å². The lowest BCUT2D eigenvalue weighted by Crippen LogP contribution is -2.19. The lowest BCUT2D eigenvalue weighted by Gasteiger charge is -2.16. The standard InChI is InChI=1S/C14H25N3S/c1-3-8-17-10-12(9-16-17)14(15-2)11-18-13-6-4-5-7-13/h9-10,13-15H,3-8,11H2,1-2H3. The van der Waals surface area contributed by atoms with Crippen molar-refractivity contribution in [1.82, 2.24) is 15.1 Å². The van der Waals surface area contributed by atoms with E-state index in [1.807, 2.05) is 6.20 Å². The Morgan fingerprint density at radius 1 is 1.50 bits per heavy atom. The molecule has 1 aromatic heterocycles. The number of nitrogens with one attached hydrogen (secondary N) is 1. The van der Waals surface area contributed by atoms with Crippen LogP contribution in [0.15, 0.2) is 12.4 Å². The average molecular weight is 267 g/mol. The van der Waals surface area contributed by atoms with Crippen molar-refractivity contribution in [3.63, 3.8) is 0 Å². The fourth-order valence-electron chi connectivity index (χ4n) is 2.54. The van der Waals surface area contributed by atoms with Crippen LogP contribution in [-0.4, -0.2) is 27.8 Å². The third-order valence-corrected chi connectivity index (χ3v) is 5.13. The van der Waals surface area contributed by atoms with Gasteiger partial charge in [0, 0.05) is 35.3 Å². The quantitative estimate of drug-likeness (QED) is 0.822. The predicted molar refractivity (Wildman–Crippen MR) is 79.0 cm³/mol. The SMILES string of the molecule is CCCn1cc(C(CSC2CCCC2)NC)cn1. The Kier molecular flexibility index (Phi) is 5.57. The van der Waals surface area contributed by atoms with Gasteiger partial charge in [-0.05, 0) is 26.3 Å². The van der Waals surface area contributed by atoms with Crippen LogP contribution < -0.4 is 5.32 Å². The van der Waals surface area contributed by atoms with Crippen molar-refractivity contribution < 1.29 is 0 Å². The maximum Gasteiger partial charge on any atom is 0.0537 e. The predicted octanol–water partition coefficient (Wildman–Crippen LogP) is 3.23. The maximum atomic E-state index is 4.42. The van der Waals surface area contributed by atoms with Gasteiger partial charge in [-0.3, -0.25) is 4.68 Å². The molecule has 18 heavy (non-hydrogen) atoms. The highest BCUT2D eigenvalue weighted by molar-refractivity contribution is 7.99. The van der Waals surface area contributed by atoms with E-state index >= 15 is 0 Å². The van der Waals surface area contributed by atoms with Crippen molar-refractivity contribution in [1.29, 1.82) is 0 Å². The van der Waals surface area contributed by atoms with Crippen LogP contribution in [-0.2, 0) is 6.54 Å². The molecule has 102 valence electrons. The van der Waals surface area contributed by atoms with Gasteiger partial charge in [0.2, 0.25) is 0 Å². The summed E-state index contributed by atoms with van der Waals surface area (Å²) in [6.07, 6.45) is 11.0. The van der Waals surface area contributed by atoms with Crippen LogP contribution in [0.3, 0.4) is 0 Å². The topological polar surface area (TPSA) is 29.9 Å². The minimum atomic E-state index is 0.446. The second-order valence-corrected chi connectivity index (χ2v) is 6.45. The zero-order valence-corrected chi connectivity index (χ0v) is 12.4. The summed E-state index contributed by atoms with van der Waals surface area (Å²) in [6.45, 7) is 3.21. The monoisotopic (exact) mass is 267 g/mol. The van der Waals surface area contributed by atoms with E-state index in [2.05, 4.69) is 47.0 Å². The van der Waals surface area contributed by atoms with Crippen molar-refractivity contribution in [3.8, 4) is 0 Å². The third kappa shape index (κ3) is 3.75. The molecule has 0 saturated heterocycles. The summed E-state index contributed by atoms with van der Waals surface area (Å²) >= 11 is 2.13. The summed E-state index contributed by atoms with van der Waals surface area (Å²) in [6, 6.07) is 0.446. The molecule has 0 bridgehead atoms. The Hall–Kier alpha value is -0.480. The highest BCUT2D eigenvalue weighted by Crippen LogP contribution is 2.31. The number of aryl methyl sites for hydroxylation is 1. The normalized spacial score (nSPS) is 18.3. The first kappa shape index (κ1) is 13.9. The molecule has 3 nitrogen and oxygen atoms in total. The van der Waals surface area contributed by atoms with Crippen LogP contribution in [0, 0.1) is 0 Å². The molecule has 1 heterocycles. The molecule has 1 aliphatic carbocycles. The largest absolute Gasteiger partial charge is 0.312 e. The lowest BCUT2D eigenvalue weighted by atomic mass is 10.2. The molecule has 1 N–H and O–H groups in total. The van der Waals surface area contributed by atoms with Gasteiger partial charge in [-0.15, -0.1) is 0 Å². The summed E-state index contributed by atoms with van der Waals surface area (Å²) in [4.78, 5) is 0. The maximum absolute atomic E-state index is 4.42. The average Bonchev–Trinajstić information content (AvgIpc) is 3.02. The third-order valence-electron chi connectivity index (χ3n) is 3.66. The van der Waals surface area contributed by atoms with Crippen molar-refractivity contribution >= 4 is 11.8 Å². The molecule has 2 rings (SSSR count). The molecule has 1 atom stereocenters. The summed E-state index contributed by atoms with van der Waals surface area (Å²) < 4.78 is 2.06. The van der Waals surface area contributed by atoms with E-state index < -0.39 is 0 Å². The van der Waals surface area contributed by atoms with E-state index in [1.54, 1.807) is 0 Å². The molecule has 0 amide bonds. The Labute approximate surface area is 115 Å². The van der Waals surface area contributed by atoms with Crippen molar-refractivity contribution in [2.75, 3.05) is 12.8 Å². The summed E-state index contributed by atoms with van der Waals surface area (Å²) in [5.41, 5.74) is 1.33. The van der Waals surface area contributed by atoms with E-state index in [9.17, 15) is 0 Å². The Morgan fingerprint density at radius 3 is 2.94 bits per heavy atom. The van der Waals surface area contributed by atoms with E-state index in [0.29, 0.717) is 6.04 Å². The van der Waals surface area contributed by atoms with Gasteiger partial charge in [-0.1, -0.05) is 19.8 Å². The first-order valence-electron chi connectivity index (χ1n) is 7.14. The highest BCUT2D eigenvalue weighted by Gasteiger charge is 2.18. The molecular formula is C14H25N3S. The molecule has 0 spiro atoms. The molecule has 1 saturated carbocycles. The fraction of sp³-hybridized carbons (Fsp3) is 0.786. The number of nitrogens with zero attached hydrogens (tertiary/aromatic N) is 2. The van der Waals surface area contributed by atoms with Gasteiger partial charge < -0.3 is 5.32 Å². The van der Waals surface area contributed by atoms with Gasteiger partial charge in [-0.2, -0.15) is 16.9 Å². The molecule has 0 aliphatic heterocycles. The molecule has 1 aromatic rings. The minimum absolute atomic E-state index is 0.446. The molecular weight excluding hydrogens is 242 g/mol. The van der Waals surface area contributed by atoms with Crippen molar-refractivity contribution in [3.05, 3.63) is 18.0 Å². The zero-order chi connectivity index (χ0) is 12.8. The summed E-state index contributed by atoms with van der Waals surface area (Å²) in [7, 11) is 2.05. The number of rotatable bonds is 7. The van der Waals surface area contributed by atoms with Crippen LogP contribution in [0.25, 0.3) is 0 Å². The highest BCUT2D eigenvalue weighted by atomic mass is 32.2. The number of hydrogen-bond donors (Lipinski definition) is 1. The van der Waals surface area contributed by atoms with Gasteiger partial charge >= 0.3 is 0 Å². The van der Waals surface area contributed by atoms with E-state index in [1.165, 1.54) is 37.0 Å². The minimum Gasteiger partial charge on any atom is -0.312 e. The molecule has 0 aromatic carbocycles. The van der Waals surface area contributed by atoms with E-state index in [-0.39, 0.29) is 0 Å². The second kappa shape index (κ2) is 7.19. The van der Waals surface area contributed by atoms with E-state index in [0.717, 1.165) is 18.2 Å². The molecule has 1 aliphatic rings. The second-order valence-electron chi connectivity index (χ2n) is 5.12. The van der Waals surface area contributed by atoms with Gasteiger partial charge in [0.25, 0.3) is 0 Å². The van der Waals surface area contributed by atoms with Crippen LogP contribution in [0.4, 0.5) is 0 Å². The fourth-order valence-corrected chi connectivity index (χ4v) is 4.03. The number of thioether (sulfide) groups is 1. The summed E-state index contributed by atoms with van der Waals surface area (Å²) in [5, 5.41) is 8.74. The molecule has 1 unspecified atom stereocenters. The molecule has 4 heteroatoms. The Balaban J connectivity index is 1.85.